The fourth-order valence-electron chi connectivity index (χ4n) is 4.78. The quantitative estimate of drug-likeness (QED) is 0.297. The molecule has 4 heterocycles. The molecule has 0 unspecified atom stereocenters. The zero-order valence-corrected chi connectivity index (χ0v) is 20.8. The highest BCUT2D eigenvalue weighted by Crippen LogP contribution is 2.49. The van der Waals surface area contributed by atoms with Gasteiger partial charge in [0.05, 0.1) is 0 Å². The molecular formula is C29H21N3O2S2. The number of thiophene rings is 2. The van der Waals surface area contributed by atoms with Gasteiger partial charge in [-0.3, -0.25) is 4.79 Å². The average molecular weight is 508 g/mol. The van der Waals surface area contributed by atoms with Crippen molar-refractivity contribution in [3.63, 3.8) is 0 Å². The highest BCUT2D eigenvalue weighted by Gasteiger charge is 2.44. The first kappa shape index (κ1) is 22.5. The summed E-state index contributed by atoms with van der Waals surface area (Å²) in [4.78, 5) is 14.7. The smallest absolute Gasteiger partial charge is 0.250 e. The second kappa shape index (κ2) is 9.25. The third-order valence-electron chi connectivity index (χ3n) is 6.40. The maximum Gasteiger partial charge on any atom is 0.250 e. The van der Waals surface area contributed by atoms with Crippen molar-refractivity contribution in [2.75, 3.05) is 11.9 Å². The van der Waals surface area contributed by atoms with Gasteiger partial charge in [-0.25, -0.2) is 0 Å². The molecule has 1 aliphatic rings. The lowest BCUT2D eigenvalue weighted by Crippen LogP contribution is -2.31. The van der Waals surface area contributed by atoms with E-state index in [2.05, 4.69) is 41.7 Å². The molecule has 6 rings (SSSR count). The lowest BCUT2D eigenvalue weighted by Gasteiger charge is -2.32. The fourth-order valence-corrected chi connectivity index (χ4v) is 6.66. The number of nitrogens with one attached hydrogen (secondary N) is 1. The number of hydrogen-bond donors (Lipinski definition) is 1. The van der Waals surface area contributed by atoms with Gasteiger partial charge < -0.3 is 14.6 Å². The Morgan fingerprint density at radius 3 is 2.36 bits per heavy atom. The molecule has 0 fully saturated rings. The molecule has 0 bridgehead atoms. The van der Waals surface area contributed by atoms with Crippen LogP contribution in [0.1, 0.15) is 26.6 Å². The van der Waals surface area contributed by atoms with Gasteiger partial charge in [0.25, 0.3) is 0 Å². The molecule has 0 radical (unpaired) electrons. The van der Waals surface area contributed by atoms with E-state index in [0.717, 1.165) is 37.8 Å². The molecule has 1 N–H and O–H groups in total. The molecule has 36 heavy (non-hydrogen) atoms. The molecule has 7 heteroatoms. The maximum absolute atomic E-state index is 12.7. The predicted octanol–water partition coefficient (Wildman–Crippen LogP) is 6.46. The standard InChI is InChI=1S/C29H21N3O2S2/c30-17-22-11-13-25(32(22)18-20-6-2-1-3-7-20)21-10-12-24-23(16-21)29(26-8-4-14-35-26,27-9-5-15-36-27)34-19-28(33)31-24/h1-16H,18-19H2,(H,31,33). The van der Waals surface area contributed by atoms with Crippen LogP contribution in [0, 0.1) is 11.3 Å². The van der Waals surface area contributed by atoms with Crippen LogP contribution in [0.25, 0.3) is 11.3 Å². The molecule has 0 aliphatic carbocycles. The summed E-state index contributed by atoms with van der Waals surface area (Å²) in [5, 5.41) is 16.9. The number of rotatable bonds is 5. The Balaban J connectivity index is 1.56. The zero-order valence-electron chi connectivity index (χ0n) is 19.2. The Kier molecular flexibility index (Phi) is 5.78. The van der Waals surface area contributed by atoms with Crippen molar-refractivity contribution in [2.24, 2.45) is 0 Å². The van der Waals surface area contributed by atoms with Crippen molar-refractivity contribution in [3.05, 3.63) is 122 Å². The van der Waals surface area contributed by atoms with Gasteiger partial charge in [-0.2, -0.15) is 5.26 Å². The minimum Gasteiger partial charge on any atom is -0.349 e. The van der Waals surface area contributed by atoms with Gasteiger partial charge in [-0.05, 0) is 58.3 Å². The van der Waals surface area contributed by atoms with Crippen LogP contribution in [0.4, 0.5) is 5.69 Å². The van der Waals surface area contributed by atoms with Crippen LogP contribution >= 0.6 is 22.7 Å². The molecule has 0 atom stereocenters. The van der Waals surface area contributed by atoms with Crippen LogP contribution in [0.5, 0.6) is 0 Å². The van der Waals surface area contributed by atoms with Crippen LogP contribution in [-0.4, -0.2) is 17.1 Å². The summed E-state index contributed by atoms with van der Waals surface area (Å²) < 4.78 is 8.54. The minimum atomic E-state index is -0.915. The van der Waals surface area contributed by atoms with Gasteiger partial charge in [0.1, 0.15) is 18.4 Å². The second-order valence-corrected chi connectivity index (χ2v) is 10.4. The molecule has 1 amide bonds. The van der Waals surface area contributed by atoms with E-state index < -0.39 is 5.60 Å². The Morgan fingerprint density at radius 1 is 0.944 bits per heavy atom. The van der Waals surface area contributed by atoms with Gasteiger partial charge >= 0.3 is 0 Å². The average Bonchev–Trinajstić information content (AvgIpc) is 3.68. The lowest BCUT2D eigenvalue weighted by molar-refractivity contribution is -0.123. The van der Waals surface area contributed by atoms with Gasteiger partial charge in [0.2, 0.25) is 5.91 Å². The van der Waals surface area contributed by atoms with Gasteiger partial charge in [0, 0.05) is 33.2 Å². The molecule has 1 aliphatic heterocycles. The number of ether oxygens (including phenoxy) is 1. The first-order chi connectivity index (χ1) is 17.7. The highest BCUT2D eigenvalue weighted by atomic mass is 32.1. The number of carbonyl (C=O) groups excluding carboxylic acids is 1. The van der Waals surface area contributed by atoms with Crippen molar-refractivity contribution >= 4 is 34.3 Å². The Labute approximate surface area is 216 Å². The summed E-state index contributed by atoms with van der Waals surface area (Å²) in [5.74, 6) is -0.182. The normalized spacial score (nSPS) is 14.5. The number of hydrogen-bond acceptors (Lipinski definition) is 5. The van der Waals surface area contributed by atoms with Crippen LogP contribution in [0.2, 0.25) is 0 Å². The van der Waals surface area contributed by atoms with E-state index >= 15 is 0 Å². The summed E-state index contributed by atoms with van der Waals surface area (Å²) in [6, 6.07) is 30.4. The van der Waals surface area contributed by atoms with E-state index in [1.54, 1.807) is 22.7 Å². The van der Waals surface area contributed by atoms with Crippen molar-refractivity contribution in [1.29, 1.82) is 5.26 Å². The molecule has 5 nitrogen and oxygen atoms in total. The van der Waals surface area contributed by atoms with Gasteiger partial charge in [-0.15, -0.1) is 22.7 Å². The number of benzene rings is 2. The maximum atomic E-state index is 12.7. The Morgan fingerprint density at radius 2 is 1.69 bits per heavy atom. The molecule has 0 saturated carbocycles. The van der Waals surface area contributed by atoms with Crippen molar-refractivity contribution < 1.29 is 9.53 Å². The van der Waals surface area contributed by atoms with Crippen LogP contribution in [0.3, 0.4) is 0 Å². The number of anilines is 1. The molecule has 0 saturated heterocycles. The molecule has 5 aromatic rings. The van der Waals surface area contributed by atoms with Gasteiger partial charge in [-0.1, -0.05) is 48.5 Å². The summed E-state index contributed by atoms with van der Waals surface area (Å²) in [5.41, 5.74) is 4.27. The predicted molar refractivity (Wildman–Crippen MR) is 143 cm³/mol. The van der Waals surface area contributed by atoms with E-state index in [4.69, 9.17) is 4.74 Å². The van der Waals surface area contributed by atoms with Crippen molar-refractivity contribution in [2.45, 2.75) is 12.1 Å². The third kappa shape index (κ3) is 3.76. The topological polar surface area (TPSA) is 67.0 Å². The Hall–Kier alpha value is -3.96. The SMILES string of the molecule is N#Cc1ccc(-c2ccc3c(c2)C(c2cccs2)(c2cccs2)OCC(=O)N3)n1Cc1ccccc1. The third-order valence-corrected chi connectivity index (χ3v) is 8.34. The van der Waals surface area contributed by atoms with Crippen LogP contribution in [0.15, 0.2) is 95.7 Å². The van der Waals surface area contributed by atoms with E-state index in [-0.39, 0.29) is 12.5 Å². The molecular weight excluding hydrogens is 486 g/mol. The minimum absolute atomic E-state index is 0.0528. The molecule has 0 spiro atoms. The van der Waals surface area contributed by atoms with E-state index in [0.29, 0.717) is 12.2 Å². The number of fused-ring (bicyclic) bond motifs is 1. The largest absolute Gasteiger partial charge is 0.349 e. The monoisotopic (exact) mass is 507 g/mol. The number of carbonyl (C=O) groups is 1. The summed E-state index contributed by atoms with van der Waals surface area (Å²) in [6.45, 7) is 0.528. The van der Waals surface area contributed by atoms with Crippen LogP contribution < -0.4 is 5.32 Å². The van der Waals surface area contributed by atoms with E-state index in [1.165, 1.54) is 0 Å². The number of nitrogens with zero attached hydrogens (tertiary/aromatic N) is 2. The van der Waals surface area contributed by atoms with Gasteiger partial charge in [0.15, 0.2) is 5.60 Å². The number of amides is 1. The van der Waals surface area contributed by atoms with E-state index in [9.17, 15) is 10.1 Å². The molecule has 3 aromatic heterocycles. The lowest BCUT2D eigenvalue weighted by atomic mass is 9.87. The Bertz CT molecular complexity index is 1530. The van der Waals surface area contributed by atoms with Crippen molar-refractivity contribution in [3.8, 4) is 17.3 Å². The first-order valence-electron chi connectivity index (χ1n) is 11.5. The molecule has 2 aromatic carbocycles. The fraction of sp³-hybridized carbons (Fsp3) is 0.103. The summed E-state index contributed by atoms with van der Waals surface area (Å²) in [7, 11) is 0. The number of aromatic nitrogens is 1. The zero-order chi connectivity index (χ0) is 24.5. The summed E-state index contributed by atoms with van der Waals surface area (Å²) >= 11 is 3.22. The van der Waals surface area contributed by atoms with E-state index in [1.807, 2.05) is 69.9 Å². The number of nitriles is 1. The summed E-state index contributed by atoms with van der Waals surface area (Å²) in [6.07, 6.45) is 0. The molecule has 176 valence electrons. The van der Waals surface area contributed by atoms with Crippen LogP contribution in [-0.2, 0) is 21.7 Å². The van der Waals surface area contributed by atoms with Crippen molar-refractivity contribution in [1.82, 2.24) is 4.57 Å². The first-order valence-corrected chi connectivity index (χ1v) is 13.3. The second-order valence-electron chi connectivity index (χ2n) is 8.52. The highest BCUT2D eigenvalue weighted by molar-refractivity contribution is 7.11.